The van der Waals surface area contributed by atoms with Crippen molar-refractivity contribution in [2.45, 2.75) is 92.6 Å². The molecule has 3 heteroatoms. The highest BCUT2D eigenvalue weighted by Gasteiger charge is 2.40. The molecule has 10 atom stereocenters. The van der Waals surface area contributed by atoms with E-state index in [0.29, 0.717) is 60.9 Å². The maximum absolute atomic E-state index is 6.36. The van der Waals surface area contributed by atoms with Gasteiger partial charge in [-0.15, -0.1) is 0 Å². The van der Waals surface area contributed by atoms with Gasteiger partial charge in [-0.2, -0.15) is 0 Å². The van der Waals surface area contributed by atoms with Gasteiger partial charge >= 0.3 is 0 Å². The predicted octanol–water partition coefficient (Wildman–Crippen LogP) is 5.17. The van der Waals surface area contributed by atoms with Crippen LogP contribution in [0.15, 0.2) is 0 Å². The lowest BCUT2D eigenvalue weighted by atomic mass is 9.75. The summed E-state index contributed by atoms with van der Waals surface area (Å²) in [4.78, 5) is 0. The molecule has 0 radical (unpaired) electrons. The molecule has 2 fully saturated rings. The molecule has 2 heterocycles. The molecule has 0 bridgehead atoms. The second kappa shape index (κ2) is 9.19. The van der Waals surface area contributed by atoms with E-state index < -0.39 is 0 Å². The summed E-state index contributed by atoms with van der Waals surface area (Å²) in [5.41, 5.74) is 0. The summed E-state index contributed by atoms with van der Waals surface area (Å²) in [5, 5.41) is 0. The fraction of sp³-hybridized carbons (Fsp3) is 1.00. The SMILES string of the molecule is CCC1OC(COC[C@@H]2OC(CC)[C@H](C)C(C)C2C)C(C)C(C)[C@H]1C. The topological polar surface area (TPSA) is 27.7 Å². The van der Waals surface area contributed by atoms with Gasteiger partial charge in [0.25, 0.3) is 0 Å². The molecule has 0 aromatic heterocycles. The molecule has 0 saturated carbocycles. The van der Waals surface area contributed by atoms with E-state index in [1.54, 1.807) is 0 Å². The van der Waals surface area contributed by atoms with Gasteiger partial charge in [0.1, 0.15) is 0 Å². The van der Waals surface area contributed by atoms with E-state index in [1.807, 2.05) is 0 Å². The number of hydrogen-bond donors (Lipinski definition) is 0. The molecular formula is C22H42O3. The molecule has 0 N–H and O–H groups in total. The van der Waals surface area contributed by atoms with Gasteiger partial charge in [-0.05, 0) is 48.3 Å². The lowest BCUT2D eigenvalue weighted by Gasteiger charge is -2.45. The van der Waals surface area contributed by atoms with Crippen LogP contribution in [-0.2, 0) is 14.2 Å². The van der Waals surface area contributed by atoms with Crippen molar-refractivity contribution in [3.63, 3.8) is 0 Å². The maximum Gasteiger partial charge on any atom is 0.0840 e. The van der Waals surface area contributed by atoms with Gasteiger partial charge in [0, 0.05) is 0 Å². The van der Waals surface area contributed by atoms with Crippen molar-refractivity contribution in [1.82, 2.24) is 0 Å². The minimum Gasteiger partial charge on any atom is -0.376 e. The van der Waals surface area contributed by atoms with Crippen LogP contribution in [0.3, 0.4) is 0 Å². The molecule has 25 heavy (non-hydrogen) atoms. The van der Waals surface area contributed by atoms with Crippen LogP contribution in [0.1, 0.15) is 68.2 Å². The maximum atomic E-state index is 6.36. The summed E-state index contributed by atoms with van der Waals surface area (Å²) in [6.45, 7) is 19.9. The van der Waals surface area contributed by atoms with E-state index in [1.165, 1.54) is 0 Å². The zero-order valence-electron chi connectivity index (χ0n) is 17.8. The van der Waals surface area contributed by atoms with Crippen LogP contribution in [-0.4, -0.2) is 37.6 Å². The third-order valence-electron chi connectivity index (χ3n) is 7.73. The van der Waals surface area contributed by atoms with Crippen LogP contribution in [0.25, 0.3) is 0 Å². The lowest BCUT2D eigenvalue weighted by Crippen LogP contribution is -2.48. The molecule has 3 nitrogen and oxygen atoms in total. The monoisotopic (exact) mass is 354 g/mol. The molecule has 7 unspecified atom stereocenters. The van der Waals surface area contributed by atoms with Crippen LogP contribution in [0.2, 0.25) is 0 Å². The largest absolute Gasteiger partial charge is 0.376 e. The Morgan fingerprint density at radius 3 is 1.16 bits per heavy atom. The minimum absolute atomic E-state index is 0.216. The van der Waals surface area contributed by atoms with Gasteiger partial charge < -0.3 is 14.2 Å². The number of rotatable bonds is 6. The van der Waals surface area contributed by atoms with Crippen LogP contribution in [0.5, 0.6) is 0 Å². The highest BCUT2D eigenvalue weighted by Crippen LogP contribution is 2.38. The summed E-state index contributed by atoms with van der Waals surface area (Å²) in [6.07, 6.45) is 3.35. The van der Waals surface area contributed by atoms with E-state index in [2.05, 4.69) is 55.4 Å². The third-order valence-corrected chi connectivity index (χ3v) is 7.73. The average Bonchev–Trinajstić information content (AvgIpc) is 2.61. The van der Waals surface area contributed by atoms with Crippen molar-refractivity contribution < 1.29 is 14.2 Å². The first-order valence-electron chi connectivity index (χ1n) is 10.7. The molecule has 0 aliphatic carbocycles. The lowest BCUT2D eigenvalue weighted by molar-refractivity contribution is -0.182. The second-order valence-corrected chi connectivity index (χ2v) is 8.93. The Balaban J connectivity index is 1.87. The molecule has 2 aliphatic rings. The van der Waals surface area contributed by atoms with Crippen LogP contribution < -0.4 is 0 Å². The zero-order chi connectivity index (χ0) is 18.7. The highest BCUT2D eigenvalue weighted by atomic mass is 16.6. The molecular weight excluding hydrogens is 312 g/mol. The molecule has 0 amide bonds. The van der Waals surface area contributed by atoms with E-state index in [-0.39, 0.29) is 12.2 Å². The molecule has 0 aromatic carbocycles. The van der Waals surface area contributed by atoms with E-state index >= 15 is 0 Å². The Bertz CT molecular complexity index is 359. The van der Waals surface area contributed by atoms with Crippen molar-refractivity contribution >= 4 is 0 Å². The Morgan fingerprint density at radius 1 is 0.520 bits per heavy atom. The Kier molecular flexibility index (Phi) is 7.79. The Morgan fingerprint density at radius 2 is 0.840 bits per heavy atom. The normalized spacial score (nSPS) is 48.5. The van der Waals surface area contributed by atoms with E-state index in [4.69, 9.17) is 14.2 Å². The van der Waals surface area contributed by atoms with E-state index in [0.717, 1.165) is 12.8 Å². The molecule has 2 aliphatic heterocycles. The predicted molar refractivity (Wildman–Crippen MR) is 104 cm³/mol. The van der Waals surface area contributed by atoms with Crippen LogP contribution in [0, 0.1) is 35.5 Å². The van der Waals surface area contributed by atoms with Crippen molar-refractivity contribution in [3.05, 3.63) is 0 Å². The summed E-state index contributed by atoms with van der Waals surface area (Å²) < 4.78 is 18.9. The molecule has 148 valence electrons. The molecule has 2 saturated heterocycles. The molecule has 2 rings (SSSR count). The van der Waals surface area contributed by atoms with Crippen molar-refractivity contribution in [2.75, 3.05) is 13.2 Å². The van der Waals surface area contributed by atoms with Crippen LogP contribution >= 0.6 is 0 Å². The highest BCUT2D eigenvalue weighted by molar-refractivity contribution is 4.87. The third kappa shape index (κ3) is 4.59. The first-order valence-corrected chi connectivity index (χ1v) is 10.7. The first-order chi connectivity index (χ1) is 11.8. The smallest absolute Gasteiger partial charge is 0.0840 e. The average molecular weight is 355 g/mol. The van der Waals surface area contributed by atoms with E-state index in [9.17, 15) is 0 Å². The zero-order valence-corrected chi connectivity index (χ0v) is 17.8. The quantitative estimate of drug-likeness (QED) is 0.658. The summed E-state index contributed by atoms with van der Waals surface area (Å²) >= 11 is 0. The number of ether oxygens (including phenoxy) is 3. The van der Waals surface area contributed by atoms with Crippen molar-refractivity contribution in [2.24, 2.45) is 35.5 Å². The van der Waals surface area contributed by atoms with Gasteiger partial charge in [-0.3, -0.25) is 0 Å². The van der Waals surface area contributed by atoms with Crippen molar-refractivity contribution in [1.29, 1.82) is 0 Å². The van der Waals surface area contributed by atoms with Crippen molar-refractivity contribution in [3.8, 4) is 0 Å². The minimum atomic E-state index is 0.216. The standard InChI is InChI=1S/C22H42O3/c1-9-19-15(5)13(3)17(7)21(24-19)11-23-12-22-18(8)14(4)16(6)20(10-2)25-22/h13-22H,9-12H2,1-8H3/t13?,14?,15-,16-,17?,18?,19?,20?,21+,22?/m1/s1. The van der Waals surface area contributed by atoms with Gasteiger partial charge in [0.2, 0.25) is 0 Å². The van der Waals surface area contributed by atoms with Gasteiger partial charge in [0.15, 0.2) is 0 Å². The first kappa shape index (κ1) is 21.2. The fourth-order valence-electron chi connectivity index (χ4n) is 4.88. The second-order valence-electron chi connectivity index (χ2n) is 8.93. The fourth-order valence-corrected chi connectivity index (χ4v) is 4.88. The Labute approximate surface area is 156 Å². The number of hydrogen-bond acceptors (Lipinski definition) is 3. The van der Waals surface area contributed by atoms with Gasteiger partial charge in [-0.1, -0.05) is 55.4 Å². The molecule has 0 spiro atoms. The van der Waals surface area contributed by atoms with Gasteiger partial charge in [0.05, 0.1) is 37.6 Å². The van der Waals surface area contributed by atoms with Crippen LogP contribution in [0.4, 0.5) is 0 Å². The summed E-state index contributed by atoms with van der Waals surface area (Å²) in [7, 11) is 0. The summed E-state index contributed by atoms with van der Waals surface area (Å²) in [5.74, 6) is 3.72. The summed E-state index contributed by atoms with van der Waals surface area (Å²) in [6, 6.07) is 0. The Hall–Kier alpha value is -0.120. The molecule has 0 aromatic rings. The van der Waals surface area contributed by atoms with Gasteiger partial charge in [-0.25, -0.2) is 0 Å².